The van der Waals surface area contributed by atoms with Crippen LogP contribution in [0, 0.1) is 13.3 Å². The Hall–Kier alpha value is -2.34. The van der Waals surface area contributed by atoms with Gasteiger partial charge in [-0.2, -0.15) is 6.42 Å². The molecule has 0 unspecified atom stereocenters. The van der Waals surface area contributed by atoms with E-state index in [-0.39, 0.29) is 39.2 Å². The monoisotopic (exact) mass is 354 g/mol. The van der Waals surface area contributed by atoms with Crippen molar-refractivity contribution in [1.82, 2.24) is 19.9 Å². The van der Waals surface area contributed by atoms with E-state index in [1.165, 1.54) is 6.42 Å². The molecule has 2 N–H and O–H groups in total. The number of nitrogens with zero attached hydrogens (tertiary/aromatic N) is 4. The Morgan fingerprint density at radius 2 is 1.96 bits per heavy atom. The summed E-state index contributed by atoms with van der Waals surface area (Å²) in [5.74, 6) is 0.228. The van der Waals surface area contributed by atoms with Gasteiger partial charge in [0.05, 0.1) is 11.3 Å². The molecule has 122 valence electrons. The van der Waals surface area contributed by atoms with Crippen molar-refractivity contribution in [2.75, 3.05) is 0 Å². The van der Waals surface area contributed by atoms with Crippen LogP contribution in [0.3, 0.4) is 0 Å². The normalized spacial score (nSPS) is 10.2. The number of aromatic amines is 2. The van der Waals surface area contributed by atoms with E-state index in [0.717, 1.165) is 6.42 Å². The largest absolute Gasteiger partial charge is 2.00 e. The number of azo groups is 1. The Balaban J connectivity index is 0.000000478. The van der Waals surface area contributed by atoms with Gasteiger partial charge < -0.3 is 26.7 Å². The first-order valence-corrected chi connectivity index (χ1v) is 6.86. The van der Waals surface area contributed by atoms with Gasteiger partial charge in [0.25, 0.3) is 0 Å². The zero-order chi connectivity index (χ0) is 15.8. The van der Waals surface area contributed by atoms with Crippen LogP contribution in [-0.4, -0.2) is 19.9 Å². The molecule has 7 nitrogen and oxygen atoms in total. The third kappa shape index (κ3) is 5.41. The van der Waals surface area contributed by atoms with Gasteiger partial charge in [0, 0.05) is 11.8 Å². The summed E-state index contributed by atoms with van der Waals surface area (Å²) < 4.78 is 0. The van der Waals surface area contributed by atoms with Crippen molar-refractivity contribution in [1.29, 1.82) is 0 Å². The van der Waals surface area contributed by atoms with E-state index in [1.54, 1.807) is 0 Å². The Morgan fingerprint density at radius 3 is 2.57 bits per heavy atom. The van der Waals surface area contributed by atoms with Gasteiger partial charge in [-0.05, 0) is 12.1 Å². The van der Waals surface area contributed by atoms with Gasteiger partial charge >= 0.3 is 16.5 Å². The first-order valence-electron chi connectivity index (χ1n) is 6.86. The molecule has 0 bridgehead atoms. The van der Waals surface area contributed by atoms with Gasteiger partial charge in [0.2, 0.25) is 5.95 Å². The minimum absolute atomic E-state index is 0. The van der Waals surface area contributed by atoms with E-state index in [2.05, 4.69) is 50.3 Å². The summed E-state index contributed by atoms with van der Waals surface area (Å²) in [6.45, 7) is 5.72. The second kappa shape index (κ2) is 9.63. The van der Waals surface area contributed by atoms with E-state index >= 15 is 0 Å². The molecule has 3 rings (SSSR count). The molecular weight excluding hydrogens is 339 g/mol. The first kappa shape index (κ1) is 18.7. The molecule has 0 spiro atoms. The van der Waals surface area contributed by atoms with Crippen LogP contribution in [0.15, 0.2) is 45.4 Å². The van der Waals surface area contributed by atoms with E-state index < -0.39 is 0 Å². The van der Waals surface area contributed by atoms with Gasteiger partial charge in [-0.15, -0.1) is 10.2 Å². The summed E-state index contributed by atoms with van der Waals surface area (Å²) in [7, 11) is 0. The molecule has 0 saturated carbocycles. The third-order valence-corrected chi connectivity index (χ3v) is 2.60. The van der Waals surface area contributed by atoms with Crippen molar-refractivity contribution in [2.45, 2.75) is 19.8 Å². The summed E-state index contributed by atoms with van der Waals surface area (Å²) in [4.78, 5) is 24.3. The van der Waals surface area contributed by atoms with Crippen LogP contribution >= 0.6 is 0 Å². The molecule has 0 radical (unpaired) electrons. The van der Waals surface area contributed by atoms with Gasteiger partial charge in [0.15, 0.2) is 5.56 Å². The van der Waals surface area contributed by atoms with E-state index in [0.29, 0.717) is 5.69 Å². The standard InChI is InChI=1S/C11H7N6O.C4H9.Ni/c18-10-8-9(12-6-13-10)15-11(14-8)17-16-7-4-2-1-3-5-7;1-3-4-2;/h1-5H,(H2,12,13,14,15,18);1,3-4H2,2H3;/q2*-1;+2. The van der Waals surface area contributed by atoms with Crippen LogP contribution in [0.5, 0.6) is 0 Å². The zero-order valence-electron chi connectivity index (χ0n) is 12.5. The summed E-state index contributed by atoms with van der Waals surface area (Å²) in [5, 5.41) is 7.89. The molecule has 0 saturated heterocycles. The summed E-state index contributed by atoms with van der Waals surface area (Å²) in [6, 6.07) is 9.22. The second-order valence-electron chi connectivity index (χ2n) is 4.33. The SMILES string of the molecule is O=c1[nH][c-]nc2nc(N=Nc3ccccc3)[nH]c12.[CH2-]CCC.[Ni+2]. The van der Waals surface area contributed by atoms with Crippen LogP contribution < -0.4 is 5.56 Å². The van der Waals surface area contributed by atoms with Crippen molar-refractivity contribution in [2.24, 2.45) is 10.2 Å². The molecule has 8 heteroatoms. The number of aromatic nitrogens is 4. The van der Waals surface area contributed by atoms with Crippen LogP contribution in [0.2, 0.25) is 0 Å². The van der Waals surface area contributed by atoms with Crippen molar-refractivity contribution in [3.63, 3.8) is 0 Å². The Labute approximate surface area is 143 Å². The molecule has 0 fully saturated rings. The van der Waals surface area contributed by atoms with Crippen LogP contribution in [0.25, 0.3) is 11.2 Å². The number of hydrogen-bond acceptors (Lipinski definition) is 5. The Bertz CT molecular complexity index is 794. The van der Waals surface area contributed by atoms with Crippen LogP contribution in [0.4, 0.5) is 11.6 Å². The fraction of sp³-hybridized carbons (Fsp3) is 0.200. The molecule has 1 aromatic carbocycles. The van der Waals surface area contributed by atoms with Crippen LogP contribution in [-0.2, 0) is 16.5 Å². The fourth-order valence-corrected chi connectivity index (χ4v) is 1.43. The molecule has 0 amide bonds. The second-order valence-corrected chi connectivity index (χ2v) is 4.33. The van der Waals surface area contributed by atoms with E-state index in [4.69, 9.17) is 0 Å². The zero-order valence-corrected chi connectivity index (χ0v) is 13.5. The summed E-state index contributed by atoms with van der Waals surface area (Å²) >= 11 is 0. The Kier molecular flexibility index (Phi) is 7.84. The van der Waals surface area contributed by atoms with Gasteiger partial charge in [-0.3, -0.25) is 4.98 Å². The van der Waals surface area contributed by atoms with Gasteiger partial charge in [0.1, 0.15) is 0 Å². The Morgan fingerprint density at radius 1 is 1.26 bits per heavy atom. The molecule has 2 aromatic heterocycles. The maximum absolute atomic E-state index is 11.4. The fourth-order valence-electron chi connectivity index (χ4n) is 1.43. The van der Waals surface area contributed by atoms with E-state index in [9.17, 15) is 4.79 Å². The number of hydrogen-bond donors (Lipinski definition) is 2. The number of benzene rings is 1. The molecule has 23 heavy (non-hydrogen) atoms. The molecule has 0 aliphatic rings. The number of unbranched alkanes of at least 4 members (excludes halogenated alkanes) is 1. The molecular formula is C15H16N6NiO. The molecule has 0 atom stereocenters. The predicted molar refractivity (Wildman–Crippen MR) is 84.2 cm³/mol. The minimum Gasteiger partial charge on any atom is -0.419 e. The average molecular weight is 355 g/mol. The van der Waals surface area contributed by atoms with Crippen molar-refractivity contribution in [3.8, 4) is 0 Å². The maximum atomic E-state index is 11.4. The molecule has 3 aromatic rings. The van der Waals surface area contributed by atoms with Gasteiger partial charge in [-0.1, -0.05) is 31.5 Å². The van der Waals surface area contributed by atoms with Gasteiger partial charge in [-0.25, -0.2) is 0 Å². The average Bonchev–Trinajstić information content (AvgIpc) is 2.99. The topological polar surface area (TPSA) is 99.2 Å². The maximum Gasteiger partial charge on any atom is 2.00 e. The minimum atomic E-state index is -0.339. The van der Waals surface area contributed by atoms with Crippen molar-refractivity contribution in [3.05, 3.63) is 53.9 Å². The number of H-pyrrole nitrogens is 2. The molecule has 0 aliphatic carbocycles. The first-order chi connectivity index (χ1) is 10.7. The van der Waals surface area contributed by atoms with E-state index in [1.807, 2.05) is 30.3 Å². The smallest absolute Gasteiger partial charge is 0.419 e. The van der Waals surface area contributed by atoms with Crippen molar-refractivity contribution >= 4 is 22.8 Å². The number of rotatable bonds is 3. The third-order valence-electron chi connectivity index (χ3n) is 2.60. The molecule has 2 heterocycles. The van der Waals surface area contributed by atoms with Crippen molar-refractivity contribution < 1.29 is 16.5 Å². The number of imidazole rings is 1. The quantitative estimate of drug-likeness (QED) is 0.427. The number of nitrogens with one attached hydrogen (secondary N) is 2. The molecule has 0 aliphatic heterocycles. The van der Waals surface area contributed by atoms with Crippen LogP contribution in [0.1, 0.15) is 19.8 Å². The summed E-state index contributed by atoms with van der Waals surface area (Å²) in [6.07, 6.45) is 4.63. The predicted octanol–water partition coefficient (Wildman–Crippen LogP) is 3.48. The summed E-state index contributed by atoms with van der Waals surface area (Å²) in [5.41, 5.74) is 0.886. The number of fused-ring (bicyclic) bond motifs is 1.